The maximum Gasteiger partial charge on any atom is 0.152 e. The van der Waals surface area contributed by atoms with Crippen LogP contribution in [-0.2, 0) is 24.3 Å². The van der Waals surface area contributed by atoms with Crippen LogP contribution in [0.2, 0.25) is 0 Å². The van der Waals surface area contributed by atoms with Crippen LogP contribution in [0.1, 0.15) is 37.1 Å². The van der Waals surface area contributed by atoms with Crippen molar-refractivity contribution in [2.24, 2.45) is 0 Å². The van der Waals surface area contributed by atoms with Crippen LogP contribution in [0.15, 0.2) is 30.6 Å². The van der Waals surface area contributed by atoms with Gasteiger partial charge in [0, 0.05) is 54.6 Å². The van der Waals surface area contributed by atoms with Crippen molar-refractivity contribution < 1.29 is 9.18 Å². The second-order valence-electron chi connectivity index (χ2n) is 9.61. The van der Waals surface area contributed by atoms with E-state index in [2.05, 4.69) is 19.9 Å². The number of halogens is 1. The average molecular weight is 449 g/mol. The monoisotopic (exact) mass is 448 g/mol. The van der Waals surface area contributed by atoms with Crippen LogP contribution in [0, 0.1) is 0 Å². The number of pyridine rings is 2. The van der Waals surface area contributed by atoms with Gasteiger partial charge < -0.3 is 0 Å². The molecule has 2 fully saturated rings. The van der Waals surface area contributed by atoms with Gasteiger partial charge in [0.2, 0.25) is 0 Å². The lowest BCUT2D eigenvalue weighted by molar-refractivity contribution is -0.119. The molecular formula is C25H29FN6O. The summed E-state index contributed by atoms with van der Waals surface area (Å²) in [5.74, 6) is 0.232. The summed E-state index contributed by atoms with van der Waals surface area (Å²) in [4.78, 5) is 26.7. The minimum absolute atomic E-state index is 0.232. The maximum atomic E-state index is 12.9. The third-order valence-electron chi connectivity index (χ3n) is 7.60. The predicted octanol–water partition coefficient (Wildman–Crippen LogP) is 3.02. The van der Waals surface area contributed by atoms with Crippen LogP contribution < -0.4 is 0 Å². The van der Waals surface area contributed by atoms with Gasteiger partial charge in [-0.1, -0.05) is 0 Å². The molecule has 3 aliphatic heterocycles. The number of aromatic nitrogens is 4. The van der Waals surface area contributed by atoms with Crippen molar-refractivity contribution in [3.05, 3.63) is 42.0 Å². The first-order chi connectivity index (χ1) is 16.2. The molecule has 0 unspecified atom stereocenters. The molecule has 6 heterocycles. The van der Waals surface area contributed by atoms with E-state index >= 15 is 0 Å². The molecule has 33 heavy (non-hydrogen) atoms. The molecule has 8 heteroatoms. The van der Waals surface area contributed by atoms with Gasteiger partial charge in [-0.25, -0.2) is 9.37 Å². The fraction of sp³-hybridized carbons (Fsp3) is 0.520. The Morgan fingerprint density at radius 3 is 2.70 bits per heavy atom. The van der Waals surface area contributed by atoms with Gasteiger partial charge in [0.25, 0.3) is 0 Å². The first kappa shape index (κ1) is 20.9. The molecule has 0 N–H and O–H groups in total. The number of rotatable bonds is 7. The van der Waals surface area contributed by atoms with Gasteiger partial charge in [-0.3, -0.25) is 24.3 Å². The predicted molar refractivity (Wildman–Crippen MR) is 123 cm³/mol. The van der Waals surface area contributed by atoms with E-state index in [0.29, 0.717) is 38.1 Å². The Morgan fingerprint density at radius 2 is 1.91 bits per heavy atom. The highest BCUT2D eigenvalue weighted by atomic mass is 19.1. The fourth-order valence-corrected chi connectivity index (χ4v) is 5.87. The molecule has 0 amide bonds. The minimum atomic E-state index is -0.342. The van der Waals surface area contributed by atoms with Crippen molar-refractivity contribution in [1.82, 2.24) is 29.5 Å². The Labute approximate surface area is 192 Å². The van der Waals surface area contributed by atoms with Gasteiger partial charge in [-0.15, -0.1) is 0 Å². The number of hydrogen-bond acceptors (Lipinski definition) is 6. The van der Waals surface area contributed by atoms with Crippen molar-refractivity contribution in [3.8, 4) is 11.3 Å². The summed E-state index contributed by atoms with van der Waals surface area (Å²) in [6, 6.07) is 7.17. The molecule has 0 saturated carbocycles. The topological polar surface area (TPSA) is 67.2 Å². The summed E-state index contributed by atoms with van der Waals surface area (Å²) in [6.45, 7) is 2.89. The zero-order valence-corrected chi connectivity index (χ0v) is 18.8. The number of hydrogen-bond donors (Lipinski definition) is 0. The van der Waals surface area contributed by atoms with Gasteiger partial charge in [0.15, 0.2) is 5.78 Å². The largest absolute Gasteiger partial charge is 0.298 e. The van der Waals surface area contributed by atoms with E-state index in [4.69, 9.17) is 4.98 Å². The fourth-order valence-electron chi connectivity index (χ4n) is 5.87. The van der Waals surface area contributed by atoms with Crippen molar-refractivity contribution in [2.75, 3.05) is 26.3 Å². The lowest BCUT2D eigenvalue weighted by atomic mass is 10.0. The number of fused-ring (bicyclic) bond motifs is 4. The van der Waals surface area contributed by atoms with E-state index in [1.807, 2.05) is 35.3 Å². The quantitative estimate of drug-likeness (QED) is 0.554. The molecule has 0 spiro atoms. The average Bonchev–Trinajstić information content (AvgIpc) is 3.53. The SMILES string of the molecule is O=C(Cc1cc2nc(-c3cnn4c3CN(CCF)CC4)ccc2cn1)CN1C2CCC1CC2. The van der Waals surface area contributed by atoms with Gasteiger partial charge in [-0.05, 0) is 43.9 Å². The minimum Gasteiger partial charge on any atom is -0.298 e. The van der Waals surface area contributed by atoms with E-state index in [9.17, 15) is 9.18 Å². The van der Waals surface area contributed by atoms with Crippen molar-refractivity contribution in [3.63, 3.8) is 0 Å². The summed E-state index contributed by atoms with van der Waals surface area (Å²) >= 11 is 0. The molecule has 2 bridgehead atoms. The summed E-state index contributed by atoms with van der Waals surface area (Å²) in [7, 11) is 0. The molecule has 0 radical (unpaired) electrons. The first-order valence-electron chi connectivity index (χ1n) is 12.0. The van der Waals surface area contributed by atoms with Crippen LogP contribution >= 0.6 is 0 Å². The van der Waals surface area contributed by atoms with Crippen LogP contribution in [-0.4, -0.2) is 73.7 Å². The lowest BCUT2D eigenvalue weighted by Gasteiger charge is -2.27. The highest BCUT2D eigenvalue weighted by molar-refractivity contribution is 5.85. The molecule has 0 aromatic carbocycles. The zero-order valence-electron chi connectivity index (χ0n) is 18.8. The number of carbonyl (C=O) groups excluding carboxylic acids is 1. The number of carbonyl (C=O) groups is 1. The Bertz CT molecular complexity index is 1170. The highest BCUT2D eigenvalue weighted by Crippen LogP contribution is 2.37. The molecule has 3 aromatic heterocycles. The summed E-state index contributed by atoms with van der Waals surface area (Å²) in [6.07, 6.45) is 8.97. The van der Waals surface area contributed by atoms with Crippen LogP contribution in [0.4, 0.5) is 4.39 Å². The molecule has 3 aromatic rings. The Hall–Kier alpha value is -2.71. The van der Waals surface area contributed by atoms with Crippen molar-refractivity contribution in [2.45, 2.75) is 57.3 Å². The third-order valence-corrected chi connectivity index (χ3v) is 7.60. The van der Waals surface area contributed by atoms with E-state index < -0.39 is 0 Å². The Balaban J connectivity index is 1.22. The smallest absolute Gasteiger partial charge is 0.152 e. The number of alkyl halides is 1. The molecule has 3 aliphatic rings. The molecule has 7 nitrogen and oxygen atoms in total. The second-order valence-corrected chi connectivity index (χ2v) is 9.61. The molecule has 172 valence electrons. The maximum absolute atomic E-state index is 12.9. The molecule has 0 aliphatic carbocycles. The Morgan fingerprint density at radius 1 is 1.09 bits per heavy atom. The second kappa shape index (κ2) is 8.57. The van der Waals surface area contributed by atoms with Gasteiger partial charge in [-0.2, -0.15) is 5.10 Å². The molecular weight excluding hydrogens is 419 g/mol. The van der Waals surface area contributed by atoms with E-state index in [0.717, 1.165) is 46.6 Å². The van der Waals surface area contributed by atoms with Crippen LogP contribution in [0.25, 0.3) is 22.2 Å². The van der Waals surface area contributed by atoms with Gasteiger partial charge >= 0.3 is 0 Å². The number of nitrogens with zero attached hydrogens (tertiary/aromatic N) is 6. The zero-order chi connectivity index (χ0) is 22.4. The molecule has 2 saturated heterocycles. The summed E-state index contributed by atoms with van der Waals surface area (Å²) in [5, 5.41) is 5.48. The molecule has 6 rings (SSSR count). The number of Topliss-reactive ketones (excluding diaryl/α,β-unsaturated/α-hetero) is 1. The van der Waals surface area contributed by atoms with Gasteiger partial charge in [0.05, 0.1) is 42.6 Å². The number of ketones is 1. The summed E-state index contributed by atoms with van der Waals surface area (Å²) in [5.41, 5.74) is 4.52. The van der Waals surface area contributed by atoms with Gasteiger partial charge in [0.1, 0.15) is 6.67 Å². The Kier molecular flexibility index (Phi) is 5.42. The van der Waals surface area contributed by atoms with Crippen molar-refractivity contribution >= 4 is 16.7 Å². The van der Waals surface area contributed by atoms with Crippen LogP contribution in [0.5, 0.6) is 0 Å². The summed E-state index contributed by atoms with van der Waals surface area (Å²) < 4.78 is 14.8. The lowest BCUT2D eigenvalue weighted by Crippen LogP contribution is -2.35. The van der Waals surface area contributed by atoms with E-state index in [-0.39, 0.29) is 12.5 Å². The first-order valence-corrected chi connectivity index (χ1v) is 12.0. The van der Waals surface area contributed by atoms with E-state index in [1.54, 1.807) is 0 Å². The third kappa shape index (κ3) is 3.95. The highest BCUT2D eigenvalue weighted by Gasteiger charge is 2.39. The van der Waals surface area contributed by atoms with E-state index in [1.165, 1.54) is 25.7 Å². The molecule has 0 atom stereocenters. The van der Waals surface area contributed by atoms with Crippen molar-refractivity contribution in [1.29, 1.82) is 0 Å². The van der Waals surface area contributed by atoms with Crippen LogP contribution in [0.3, 0.4) is 0 Å². The normalized spacial score (nSPS) is 22.8. The standard InChI is InChI=1S/C25H29FN6O/c26-7-8-30-9-10-32-25(16-30)22(14-28-32)23-6-1-17-13-27-18(12-24(17)29-23)11-21(33)15-31-19-2-3-20(31)5-4-19/h1,6,12-14,19-20H,2-5,7-11,15-16H2.